The molecular formula is C15H13ClFNO2. The zero-order valence-corrected chi connectivity index (χ0v) is 11.3. The third-order valence-electron chi connectivity index (χ3n) is 2.92. The van der Waals surface area contributed by atoms with Gasteiger partial charge in [0, 0.05) is 17.1 Å². The third-order valence-corrected chi connectivity index (χ3v) is 3.28. The van der Waals surface area contributed by atoms with E-state index in [0.717, 1.165) is 0 Å². The van der Waals surface area contributed by atoms with Gasteiger partial charge in [-0.15, -0.1) is 0 Å². The molecule has 2 aromatic rings. The van der Waals surface area contributed by atoms with Crippen LogP contribution in [0.15, 0.2) is 48.5 Å². The summed E-state index contributed by atoms with van der Waals surface area (Å²) >= 11 is 5.91. The molecule has 0 aliphatic heterocycles. The zero-order valence-electron chi connectivity index (χ0n) is 10.5. The van der Waals surface area contributed by atoms with E-state index in [2.05, 4.69) is 5.32 Å². The van der Waals surface area contributed by atoms with Crippen LogP contribution >= 0.6 is 11.6 Å². The Bertz CT molecular complexity index is 584. The number of rotatable bonds is 5. The Morgan fingerprint density at radius 1 is 1.20 bits per heavy atom. The lowest BCUT2D eigenvalue weighted by Crippen LogP contribution is -2.28. The minimum Gasteiger partial charge on any atom is -0.480 e. The topological polar surface area (TPSA) is 49.3 Å². The molecule has 5 heteroatoms. The molecule has 0 amide bonds. The summed E-state index contributed by atoms with van der Waals surface area (Å²) in [7, 11) is 0. The fourth-order valence-electron chi connectivity index (χ4n) is 1.90. The molecule has 0 spiro atoms. The van der Waals surface area contributed by atoms with Crippen LogP contribution in [0.2, 0.25) is 5.02 Å². The third kappa shape index (κ3) is 3.35. The Morgan fingerprint density at radius 3 is 2.50 bits per heavy atom. The lowest BCUT2D eigenvalue weighted by molar-refractivity contribution is -0.139. The van der Waals surface area contributed by atoms with Crippen LogP contribution in [-0.2, 0) is 11.3 Å². The first-order valence-electron chi connectivity index (χ1n) is 6.03. The Kier molecular flexibility index (Phi) is 4.71. The Balaban J connectivity index is 2.17. The van der Waals surface area contributed by atoms with Gasteiger partial charge in [-0.25, -0.2) is 4.39 Å². The summed E-state index contributed by atoms with van der Waals surface area (Å²) in [6.07, 6.45) is 0. The Labute approximate surface area is 121 Å². The number of halogens is 2. The van der Waals surface area contributed by atoms with Crippen molar-refractivity contribution in [3.8, 4) is 0 Å². The first-order valence-corrected chi connectivity index (χ1v) is 6.41. The van der Waals surface area contributed by atoms with Gasteiger partial charge in [0.1, 0.15) is 11.9 Å². The second-order valence-corrected chi connectivity index (χ2v) is 4.67. The molecule has 2 rings (SSSR count). The van der Waals surface area contributed by atoms with Crippen molar-refractivity contribution < 1.29 is 14.3 Å². The van der Waals surface area contributed by atoms with Crippen molar-refractivity contribution in [3.63, 3.8) is 0 Å². The van der Waals surface area contributed by atoms with Crippen molar-refractivity contribution in [1.29, 1.82) is 0 Å². The molecule has 1 unspecified atom stereocenters. The molecule has 0 aliphatic rings. The fraction of sp³-hybridized carbons (Fsp3) is 0.133. The maximum Gasteiger partial charge on any atom is 0.325 e. The molecule has 0 fully saturated rings. The highest BCUT2D eigenvalue weighted by atomic mass is 35.5. The van der Waals surface area contributed by atoms with Gasteiger partial charge in [-0.3, -0.25) is 10.1 Å². The average molecular weight is 294 g/mol. The summed E-state index contributed by atoms with van der Waals surface area (Å²) in [5, 5.41) is 12.3. The monoisotopic (exact) mass is 293 g/mol. The summed E-state index contributed by atoms with van der Waals surface area (Å²) in [4.78, 5) is 11.3. The molecule has 3 nitrogen and oxygen atoms in total. The highest BCUT2D eigenvalue weighted by molar-refractivity contribution is 6.31. The van der Waals surface area contributed by atoms with Crippen molar-refractivity contribution in [3.05, 3.63) is 70.5 Å². The molecule has 0 saturated heterocycles. The SMILES string of the molecule is O=C(O)C(NCc1c(F)cccc1Cl)c1ccccc1. The van der Waals surface area contributed by atoms with Crippen LogP contribution < -0.4 is 5.32 Å². The zero-order chi connectivity index (χ0) is 14.5. The summed E-state index contributed by atoms with van der Waals surface area (Å²) in [6, 6.07) is 12.2. The standard InChI is InChI=1S/C15H13ClFNO2/c16-12-7-4-8-13(17)11(12)9-18-14(15(19)20)10-5-2-1-3-6-10/h1-8,14,18H,9H2,(H,19,20). The molecule has 0 bridgehead atoms. The largest absolute Gasteiger partial charge is 0.480 e. The maximum atomic E-state index is 13.6. The number of nitrogens with one attached hydrogen (secondary N) is 1. The highest BCUT2D eigenvalue weighted by Gasteiger charge is 2.19. The normalized spacial score (nSPS) is 12.1. The van der Waals surface area contributed by atoms with Gasteiger partial charge in [0.25, 0.3) is 0 Å². The smallest absolute Gasteiger partial charge is 0.325 e. The van der Waals surface area contributed by atoms with Gasteiger partial charge in [-0.2, -0.15) is 0 Å². The van der Waals surface area contributed by atoms with E-state index >= 15 is 0 Å². The van der Waals surface area contributed by atoms with Crippen molar-refractivity contribution in [1.82, 2.24) is 5.32 Å². The van der Waals surface area contributed by atoms with E-state index in [-0.39, 0.29) is 17.1 Å². The van der Waals surface area contributed by atoms with E-state index in [0.29, 0.717) is 5.56 Å². The maximum absolute atomic E-state index is 13.6. The number of aliphatic carboxylic acids is 1. The highest BCUT2D eigenvalue weighted by Crippen LogP contribution is 2.20. The quantitative estimate of drug-likeness (QED) is 0.888. The molecule has 2 N–H and O–H groups in total. The lowest BCUT2D eigenvalue weighted by atomic mass is 10.1. The molecule has 0 heterocycles. The van der Waals surface area contributed by atoms with Crippen LogP contribution in [-0.4, -0.2) is 11.1 Å². The van der Waals surface area contributed by atoms with Gasteiger partial charge >= 0.3 is 5.97 Å². The minimum absolute atomic E-state index is 0.0391. The van der Waals surface area contributed by atoms with Crippen LogP contribution in [0.4, 0.5) is 4.39 Å². The van der Waals surface area contributed by atoms with Crippen LogP contribution in [0, 0.1) is 5.82 Å². The number of carboxylic acid groups (broad SMARTS) is 1. The molecule has 0 aromatic heterocycles. The van der Waals surface area contributed by atoms with Crippen LogP contribution in [0.1, 0.15) is 17.2 Å². The number of hydrogen-bond acceptors (Lipinski definition) is 2. The van der Waals surface area contributed by atoms with Gasteiger partial charge in [0.15, 0.2) is 0 Å². The second kappa shape index (κ2) is 6.50. The molecule has 1 atom stereocenters. The van der Waals surface area contributed by atoms with Crippen LogP contribution in [0.25, 0.3) is 0 Å². The van der Waals surface area contributed by atoms with Crippen LogP contribution in [0.5, 0.6) is 0 Å². The van der Waals surface area contributed by atoms with E-state index < -0.39 is 17.8 Å². The van der Waals surface area contributed by atoms with Crippen molar-refractivity contribution in [2.45, 2.75) is 12.6 Å². The van der Waals surface area contributed by atoms with Crippen molar-refractivity contribution in [2.24, 2.45) is 0 Å². The van der Waals surface area contributed by atoms with E-state index in [1.807, 2.05) is 0 Å². The number of benzene rings is 2. The predicted molar refractivity (Wildman–Crippen MR) is 75.1 cm³/mol. The first kappa shape index (κ1) is 14.5. The first-order chi connectivity index (χ1) is 9.59. The molecule has 20 heavy (non-hydrogen) atoms. The number of carbonyl (C=O) groups is 1. The van der Waals surface area contributed by atoms with Gasteiger partial charge in [0.05, 0.1) is 0 Å². The molecule has 0 radical (unpaired) electrons. The predicted octanol–water partition coefficient (Wildman–Crippen LogP) is 3.39. The second-order valence-electron chi connectivity index (χ2n) is 4.26. The molecule has 0 aliphatic carbocycles. The summed E-state index contributed by atoms with van der Waals surface area (Å²) in [5.41, 5.74) is 0.865. The van der Waals surface area contributed by atoms with Gasteiger partial charge in [-0.05, 0) is 17.7 Å². The Hall–Kier alpha value is -1.91. The molecule has 104 valence electrons. The van der Waals surface area contributed by atoms with Crippen LogP contribution in [0.3, 0.4) is 0 Å². The minimum atomic E-state index is -1.02. The van der Waals surface area contributed by atoms with E-state index in [1.54, 1.807) is 36.4 Å². The van der Waals surface area contributed by atoms with Gasteiger partial charge in [-0.1, -0.05) is 48.0 Å². The van der Waals surface area contributed by atoms with Gasteiger partial charge < -0.3 is 5.11 Å². The van der Waals surface area contributed by atoms with Crippen molar-refractivity contribution >= 4 is 17.6 Å². The van der Waals surface area contributed by atoms with E-state index in [1.165, 1.54) is 12.1 Å². The van der Waals surface area contributed by atoms with E-state index in [9.17, 15) is 14.3 Å². The summed E-state index contributed by atoms with van der Waals surface area (Å²) < 4.78 is 13.6. The molecular weight excluding hydrogens is 281 g/mol. The molecule has 0 saturated carbocycles. The number of carboxylic acids is 1. The van der Waals surface area contributed by atoms with Gasteiger partial charge in [0.2, 0.25) is 0 Å². The summed E-state index contributed by atoms with van der Waals surface area (Å²) in [5.74, 6) is -1.48. The van der Waals surface area contributed by atoms with Crippen molar-refractivity contribution in [2.75, 3.05) is 0 Å². The molecule has 2 aromatic carbocycles. The summed E-state index contributed by atoms with van der Waals surface area (Å²) in [6.45, 7) is 0.0391. The average Bonchev–Trinajstić information content (AvgIpc) is 2.43. The Morgan fingerprint density at radius 2 is 1.90 bits per heavy atom. The fourth-order valence-corrected chi connectivity index (χ4v) is 2.13. The van der Waals surface area contributed by atoms with E-state index in [4.69, 9.17) is 11.6 Å². The lowest BCUT2D eigenvalue weighted by Gasteiger charge is -2.15. The number of hydrogen-bond donors (Lipinski definition) is 2.